The zero-order valence-electron chi connectivity index (χ0n) is 16.4. The number of carbonyl (C=O) groups is 1. The molecule has 150 valence electrons. The van der Waals surface area contributed by atoms with Crippen LogP contribution in [0.4, 0.5) is 0 Å². The summed E-state index contributed by atoms with van der Waals surface area (Å²) in [6, 6.07) is 26.3. The van der Waals surface area contributed by atoms with Crippen LogP contribution in [0.15, 0.2) is 95.9 Å². The molecule has 1 atom stereocenters. The van der Waals surface area contributed by atoms with Crippen molar-refractivity contribution in [1.82, 2.24) is 9.88 Å². The molecular formula is C25H22N2O3. The molecule has 30 heavy (non-hydrogen) atoms. The van der Waals surface area contributed by atoms with Crippen LogP contribution < -0.4 is 10.9 Å². The molecule has 0 unspecified atom stereocenters. The number of nitrogens with zero attached hydrogens (tertiary/aromatic N) is 1. The molecule has 4 rings (SSSR count). The summed E-state index contributed by atoms with van der Waals surface area (Å²) in [7, 11) is 0. The standard InChI is InChI=1S/C25H22N2O3/c28-23(21-13-12-19-9-4-5-10-20(19)15-21)16-26-24(29)22-11-6-14-27(25(22)30)17-18-7-2-1-3-8-18/h1-15,23,28H,16-17H2,(H,26,29)/t23-/m0/s1. The zero-order chi connectivity index (χ0) is 20.9. The lowest BCUT2D eigenvalue weighted by Crippen LogP contribution is -2.35. The summed E-state index contributed by atoms with van der Waals surface area (Å²) in [4.78, 5) is 25.3. The Morgan fingerprint density at radius 2 is 1.63 bits per heavy atom. The molecule has 1 amide bonds. The molecule has 3 aromatic carbocycles. The van der Waals surface area contributed by atoms with Crippen LogP contribution in [0.2, 0.25) is 0 Å². The van der Waals surface area contributed by atoms with Gasteiger partial charge in [0.25, 0.3) is 11.5 Å². The molecule has 0 spiro atoms. The molecule has 5 nitrogen and oxygen atoms in total. The van der Waals surface area contributed by atoms with E-state index in [1.54, 1.807) is 12.3 Å². The Morgan fingerprint density at radius 3 is 2.43 bits per heavy atom. The number of carbonyl (C=O) groups excluding carboxylic acids is 1. The molecule has 0 aliphatic rings. The minimum atomic E-state index is -0.867. The number of hydrogen-bond acceptors (Lipinski definition) is 3. The van der Waals surface area contributed by atoms with Crippen molar-refractivity contribution in [2.24, 2.45) is 0 Å². The first-order chi connectivity index (χ1) is 14.6. The largest absolute Gasteiger partial charge is 0.387 e. The first-order valence-corrected chi connectivity index (χ1v) is 9.80. The van der Waals surface area contributed by atoms with Gasteiger partial charge in [-0.2, -0.15) is 0 Å². The number of aliphatic hydroxyl groups excluding tert-OH is 1. The first-order valence-electron chi connectivity index (χ1n) is 9.80. The van der Waals surface area contributed by atoms with Crippen molar-refractivity contribution < 1.29 is 9.90 Å². The second-order valence-corrected chi connectivity index (χ2v) is 7.17. The monoisotopic (exact) mass is 398 g/mol. The van der Waals surface area contributed by atoms with E-state index in [-0.39, 0.29) is 17.7 Å². The maximum Gasteiger partial charge on any atom is 0.263 e. The predicted molar refractivity (Wildman–Crippen MR) is 117 cm³/mol. The third-order valence-electron chi connectivity index (χ3n) is 5.07. The summed E-state index contributed by atoms with van der Waals surface area (Å²) >= 11 is 0. The molecule has 1 heterocycles. The fourth-order valence-electron chi connectivity index (χ4n) is 3.43. The van der Waals surface area contributed by atoms with E-state index in [4.69, 9.17) is 0 Å². The number of nitrogens with one attached hydrogen (secondary N) is 1. The molecule has 0 saturated carbocycles. The average Bonchev–Trinajstić information content (AvgIpc) is 2.79. The van der Waals surface area contributed by atoms with E-state index in [2.05, 4.69) is 5.32 Å². The van der Waals surface area contributed by atoms with Gasteiger partial charge in [-0.1, -0.05) is 66.7 Å². The topological polar surface area (TPSA) is 71.3 Å². The van der Waals surface area contributed by atoms with Crippen LogP contribution in [-0.2, 0) is 6.54 Å². The normalized spacial score (nSPS) is 11.9. The van der Waals surface area contributed by atoms with Gasteiger partial charge in [0.05, 0.1) is 12.6 Å². The summed E-state index contributed by atoms with van der Waals surface area (Å²) in [6.07, 6.45) is 0.796. The molecule has 0 aliphatic carbocycles. The van der Waals surface area contributed by atoms with Crippen LogP contribution in [0.3, 0.4) is 0 Å². The highest BCUT2D eigenvalue weighted by atomic mass is 16.3. The summed E-state index contributed by atoms with van der Waals surface area (Å²) in [5, 5.41) is 15.3. The number of fused-ring (bicyclic) bond motifs is 1. The van der Waals surface area contributed by atoms with E-state index in [1.807, 2.05) is 72.8 Å². The van der Waals surface area contributed by atoms with Crippen LogP contribution >= 0.6 is 0 Å². The Morgan fingerprint density at radius 1 is 0.900 bits per heavy atom. The van der Waals surface area contributed by atoms with E-state index < -0.39 is 12.0 Å². The van der Waals surface area contributed by atoms with Crippen molar-refractivity contribution in [3.63, 3.8) is 0 Å². The van der Waals surface area contributed by atoms with Crippen LogP contribution in [0.5, 0.6) is 0 Å². The van der Waals surface area contributed by atoms with Crippen LogP contribution in [-0.4, -0.2) is 22.1 Å². The molecule has 0 saturated heterocycles. The Balaban J connectivity index is 1.45. The van der Waals surface area contributed by atoms with Crippen LogP contribution in [0, 0.1) is 0 Å². The highest BCUT2D eigenvalue weighted by molar-refractivity contribution is 5.93. The quantitative estimate of drug-likeness (QED) is 0.522. The van der Waals surface area contributed by atoms with Gasteiger partial charge < -0.3 is 15.0 Å². The highest BCUT2D eigenvalue weighted by Gasteiger charge is 2.15. The minimum Gasteiger partial charge on any atom is -0.387 e. The third-order valence-corrected chi connectivity index (χ3v) is 5.07. The van der Waals surface area contributed by atoms with Gasteiger partial charge in [-0.3, -0.25) is 9.59 Å². The maximum atomic E-state index is 12.7. The van der Waals surface area contributed by atoms with Gasteiger partial charge in [0.1, 0.15) is 5.56 Å². The van der Waals surface area contributed by atoms with Crippen molar-refractivity contribution in [1.29, 1.82) is 0 Å². The number of benzene rings is 3. The third kappa shape index (κ3) is 4.31. The van der Waals surface area contributed by atoms with Gasteiger partial charge in [-0.25, -0.2) is 0 Å². The minimum absolute atomic E-state index is 0.0180. The van der Waals surface area contributed by atoms with Crippen molar-refractivity contribution >= 4 is 16.7 Å². The molecule has 4 aromatic rings. The maximum absolute atomic E-state index is 12.7. The van der Waals surface area contributed by atoms with Crippen LogP contribution in [0.25, 0.3) is 10.8 Å². The molecule has 0 fully saturated rings. The summed E-state index contributed by atoms with van der Waals surface area (Å²) < 4.78 is 1.50. The van der Waals surface area contributed by atoms with Crippen molar-refractivity contribution in [3.8, 4) is 0 Å². The fraction of sp³-hybridized carbons (Fsp3) is 0.120. The smallest absolute Gasteiger partial charge is 0.263 e. The number of aliphatic hydroxyl groups is 1. The fourth-order valence-corrected chi connectivity index (χ4v) is 3.43. The lowest BCUT2D eigenvalue weighted by Gasteiger charge is -2.14. The SMILES string of the molecule is O=C(NC[C@H](O)c1ccc2ccccc2c1)c1cccn(Cc2ccccc2)c1=O. The molecule has 0 radical (unpaired) electrons. The number of amides is 1. The molecule has 2 N–H and O–H groups in total. The second kappa shape index (κ2) is 8.76. The highest BCUT2D eigenvalue weighted by Crippen LogP contribution is 2.20. The van der Waals surface area contributed by atoms with Gasteiger partial charge in [-0.05, 0) is 40.1 Å². The molecule has 0 aliphatic heterocycles. The first kappa shape index (κ1) is 19.6. The average molecular weight is 398 g/mol. The van der Waals surface area contributed by atoms with Gasteiger partial charge in [0, 0.05) is 12.7 Å². The lowest BCUT2D eigenvalue weighted by atomic mass is 10.0. The molecule has 0 bridgehead atoms. The Kier molecular flexibility index (Phi) is 5.72. The molecule has 5 heteroatoms. The van der Waals surface area contributed by atoms with Gasteiger partial charge >= 0.3 is 0 Å². The number of rotatable bonds is 6. The van der Waals surface area contributed by atoms with Gasteiger partial charge in [-0.15, -0.1) is 0 Å². The van der Waals surface area contributed by atoms with Crippen molar-refractivity contribution in [2.75, 3.05) is 6.54 Å². The van der Waals surface area contributed by atoms with E-state index in [9.17, 15) is 14.7 Å². The summed E-state index contributed by atoms with van der Waals surface area (Å²) in [5.74, 6) is -0.498. The molecule has 1 aromatic heterocycles. The van der Waals surface area contributed by atoms with Crippen molar-refractivity contribution in [3.05, 3.63) is 118 Å². The van der Waals surface area contributed by atoms with E-state index in [0.717, 1.165) is 16.3 Å². The van der Waals surface area contributed by atoms with Crippen LogP contribution in [0.1, 0.15) is 27.6 Å². The number of hydrogen-bond donors (Lipinski definition) is 2. The van der Waals surface area contributed by atoms with E-state index >= 15 is 0 Å². The van der Waals surface area contributed by atoms with Gasteiger partial charge in [0.2, 0.25) is 0 Å². The lowest BCUT2D eigenvalue weighted by molar-refractivity contribution is 0.0914. The Bertz CT molecular complexity index is 1230. The summed E-state index contributed by atoms with van der Waals surface area (Å²) in [5.41, 5.74) is 1.38. The zero-order valence-corrected chi connectivity index (χ0v) is 16.4. The van der Waals surface area contributed by atoms with Gasteiger partial charge in [0.15, 0.2) is 0 Å². The summed E-state index contributed by atoms with van der Waals surface area (Å²) in [6.45, 7) is 0.407. The second-order valence-electron chi connectivity index (χ2n) is 7.17. The van der Waals surface area contributed by atoms with E-state index in [1.165, 1.54) is 10.6 Å². The predicted octanol–water partition coefficient (Wildman–Crippen LogP) is 3.51. The Hall–Kier alpha value is -3.70. The van der Waals surface area contributed by atoms with E-state index in [0.29, 0.717) is 12.1 Å². The molecular weight excluding hydrogens is 376 g/mol. The Labute approximate surface area is 174 Å². The number of pyridine rings is 1. The number of aromatic nitrogens is 1. The van der Waals surface area contributed by atoms with Crippen molar-refractivity contribution in [2.45, 2.75) is 12.6 Å².